The molecule has 3 aromatic rings. The normalized spacial score (nSPS) is 10.7. The third-order valence-corrected chi connectivity index (χ3v) is 3.69. The van der Waals surface area contributed by atoms with Crippen LogP contribution < -0.4 is 4.74 Å². The smallest absolute Gasteiger partial charge is 0.135 e. The molecule has 0 radical (unpaired) electrons. The first-order valence-electron chi connectivity index (χ1n) is 6.59. The summed E-state index contributed by atoms with van der Waals surface area (Å²) >= 11 is 5.89. The number of benzene rings is 3. The topological polar surface area (TPSA) is 9.23 Å². The lowest BCUT2D eigenvalue weighted by Crippen LogP contribution is -1.90. The van der Waals surface area contributed by atoms with Gasteiger partial charge in [0.05, 0.1) is 0 Å². The molecule has 0 amide bonds. The second kappa shape index (κ2) is 5.56. The third-order valence-electron chi connectivity index (χ3n) is 3.38. The highest BCUT2D eigenvalue weighted by Gasteiger charge is 2.06. The number of hydrogen-bond acceptors (Lipinski definition) is 1. The van der Waals surface area contributed by atoms with E-state index in [0.717, 1.165) is 28.0 Å². The van der Waals surface area contributed by atoms with Crippen LogP contribution in [-0.2, 0) is 5.88 Å². The zero-order valence-corrected chi connectivity index (χ0v) is 12.0. The van der Waals surface area contributed by atoms with Gasteiger partial charge in [0.1, 0.15) is 11.5 Å². The van der Waals surface area contributed by atoms with Crippen LogP contribution in [0.25, 0.3) is 10.8 Å². The van der Waals surface area contributed by atoms with E-state index in [-0.39, 0.29) is 0 Å². The van der Waals surface area contributed by atoms with Crippen molar-refractivity contribution >= 4 is 22.4 Å². The van der Waals surface area contributed by atoms with Crippen LogP contribution in [0.1, 0.15) is 11.1 Å². The van der Waals surface area contributed by atoms with Crippen LogP contribution >= 0.6 is 11.6 Å². The van der Waals surface area contributed by atoms with Crippen LogP contribution in [-0.4, -0.2) is 0 Å². The first-order valence-corrected chi connectivity index (χ1v) is 7.12. The van der Waals surface area contributed by atoms with Gasteiger partial charge in [-0.1, -0.05) is 48.5 Å². The molecule has 0 aliphatic carbocycles. The Hall–Kier alpha value is -1.99. The van der Waals surface area contributed by atoms with Crippen LogP contribution in [0.5, 0.6) is 11.5 Å². The molecule has 2 heteroatoms. The van der Waals surface area contributed by atoms with Gasteiger partial charge in [0.2, 0.25) is 0 Å². The summed E-state index contributed by atoms with van der Waals surface area (Å²) in [6.45, 7) is 2.04. The van der Waals surface area contributed by atoms with Crippen molar-refractivity contribution in [2.75, 3.05) is 0 Å². The predicted octanol–water partition coefficient (Wildman–Crippen LogP) is 5.68. The minimum absolute atomic E-state index is 0.492. The molecule has 0 aromatic heterocycles. The largest absolute Gasteiger partial charge is 0.456 e. The van der Waals surface area contributed by atoms with Crippen molar-refractivity contribution in [3.05, 3.63) is 71.8 Å². The minimum Gasteiger partial charge on any atom is -0.456 e. The summed E-state index contributed by atoms with van der Waals surface area (Å²) in [5.74, 6) is 2.23. The van der Waals surface area contributed by atoms with E-state index in [1.807, 2.05) is 49.4 Å². The molecular weight excluding hydrogens is 268 g/mol. The van der Waals surface area contributed by atoms with E-state index in [1.54, 1.807) is 0 Å². The van der Waals surface area contributed by atoms with Crippen molar-refractivity contribution in [2.45, 2.75) is 12.8 Å². The molecule has 20 heavy (non-hydrogen) atoms. The van der Waals surface area contributed by atoms with E-state index in [0.29, 0.717) is 5.88 Å². The number of halogens is 1. The molecule has 0 bridgehead atoms. The Balaban J connectivity index is 2.05. The fourth-order valence-corrected chi connectivity index (χ4v) is 2.41. The van der Waals surface area contributed by atoms with Gasteiger partial charge in [0.25, 0.3) is 0 Å². The number of alkyl halides is 1. The molecule has 0 saturated heterocycles. The lowest BCUT2D eigenvalue weighted by molar-refractivity contribution is 0.484. The molecule has 0 spiro atoms. The fourth-order valence-electron chi connectivity index (χ4n) is 2.24. The molecule has 0 saturated carbocycles. The maximum atomic E-state index is 6.11. The van der Waals surface area contributed by atoms with Crippen molar-refractivity contribution in [2.24, 2.45) is 0 Å². The molecule has 0 aliphatic heterocycles. The molecule has 0 aliphatic rings. The summed E-state index contributed by atoms with van der Waals surface area (Å²) in [7, 11) is 0. The monoisotopic (exact) mass is 282 g/mol. The Morgan fingerprint density at radius 1 is 0.900 bits per heavy atom. The van der Waals surface area contributed by atoms with Crippen molar-refractivity contribution < 1.29 is 4.74 Å². The molecule has 100 valence electrons. The van der Waals surface area contributed by atoms with Crippen LogP contribution in [0.15, 0.2) is 60.7 Å². The molecule has 0 fully saturated rings. The van der Waals surface area contributed by atoms with Crippen LogP contribution in [0, 0.1) is 6.92 Å². The van der Waals surface area contributed by atoms with Gasteiger partial charge in [-0.15, -0.1) is 11.6 Å². The molecule has 3 aromatic carbocycles. The predicted molar refractivity (Wildman–Crippen MR) is 84.8 cm³/mol. The van der Waals surface area contributed by atoms with Crippen LogP contribution in [0.4, 0.5) is 0 Å². The van der Waals surface area contributed by atoms with E-state index >= 15 is 0 Å². The van der Waals surface area contributed by atoms with Crippen molar-refractivity contribution in [3.8, 4) is 11.5 Å². The van der Waals surface area contributed by atoms with E-state index < -0.39 is 0 Å². The van der Waals surface area contributed by atoms with Gasteiger partial charge in [0, 0.05) is 11.3 Å². The van der Waals surface area contributed by atoms with E-state index in [9.17, 15) is 0 Å². The van der Waals surface area contributed by atoms with E-state index in [1.165, 1.54) is 5.39 Å². The maximum Gasteiger partial charge on any atom is 0.135 e. The van der Waals surface area contributed by atoms with E-state index in [4.69, 9.17) is 16.3 Å². The van der Waals surface area contributed by atoms with Crippen molar-refractivity contribution in [1.82, 2.24) is 0 Å². The van der Waals surface area contributed by atoms with Crippen molar-refractivity contribution in [1.29, 1.82) is 0 Å². The third kappa shape index (κ3) is 2.50. The SMILES string of the molecule is Cc1ccc(CCl)cc1Oc1cccc2ccccc12. The summed E-state index contributed by atoms with van der Waals surface area (Å²) in [5.41, 5.74) is 2.17. The first kappa shape index (κ1) is 13.0. The molecular formula is C18H15ClO. The zero-order valence-electron chi connectivity index (χ0n) is 11.3. The van der Waals surface area contributed by atoms with Gasteiger partial charge in [-0.05, 0) is 35.6 Å². The second-order valence-electron chi connectivity index (χ2n) is 4.81. The lowest BCUT2D eigenvalue weighted by atomic mass is 10.1. The highest BCUT2D eigenvalue weighted by atomic mass is 35.5. The Kier molecular flexibility index (Phi) is 3.62. The maximum absolute atomic E-state index is 6.11. The quantitative estimate of drug-likeness (QED) is 0.562. The lowest BCUT2D eigenvalue weighted by Gasteiger charge is -2.12. The molecule has 0 heterocycles. The summed E-state index contributed by atoms with van der Waals surface area (Å²) in [4.78, 5) is 0. The molecule has 3 rings (SSSR count). The van der Waals surface area contributed by atoms with E-state index in [2.05, 4.69) is 18.2 Å². The van der Waals surface area contributed by atoms with Gasteiger partial charge in [-0.25, -0.2) is 0 Å². The average molecular weight is 283 g/mol. The van der Waals surface area contributed by atoms with Crippen molar-refractivity contribution in [3.63, 3.8) is 0 Å². The van der Waals surface area contributed by atoms with Crippen LogP contribution in [0.3, 0.4) is 0 Å². The Morgan fingerprint density at radius 3 is 2.55 bits per heavy atom. The Morgan fingerprint density at radius 2 is 1.70 bits per heavy atom. The van der Waals surface area contributed by atoms with Crippen LogP contribution in [0.2, 0.25) is 0 Å². The second-order valence-corrected chi connectivity index (χ2v) is 5.08. The average Bonchev–Trinajstić information content (AvgIpc) is 2.50. The first-order chi connectivity index (χ1) is 9.78. The highest BCUT2D eigenvalue weighted by Crippen LogP contribution is 2.32. The molecule has 0 N–H and O–H groups in total. The molecule has 1 nitrogen and oxygen atoms in total. The number of hydrogen-bond donors (Lipinski definition) is 0. The number of ether oxygens (including phenoxy) is 1. The number of fused-ring (bicyclic) bond motifs is 1. The van der Waals surface area contributed by atoms with Gasteiger partial charge in [-0.2, -0.15) is 0 Å². The Labute approximate surface area is 123 Å². The van der Waals surface area contributed by atoms with Gasteiger partial charge in [0.15, 0.2) is 0 Å². The van der Waals surface area contributed by atoms with Gasteiger partial charge < -0.3 is 4.74 Å². The zero-order chi connectivity index (χ0) is 13.9. The summed E-state index contributed by atoms with van der Waals surface area (Å²) in [6, 6.07) is 20.4. The molecule has 0 atom stereocenters. The van der Waals surface area contributed by atoms with Gasteiger partial charge >= 0.3 is 0 Å². The fraction of sp³-hybridized carbons (Fsp3) is 0.111. The standard InChI is InChI=1S/C18H15ClO/c1-13-9-10-14(12-19)11-18(13)20-17-8-4-6-15-5-2-3-7-16(15)17/h2-11H,12H2,1H3. The Bertz CT molecular complexity index is 744. The van der Waals surface area contributed by atoms with Gasteiger partial charge in [-0.3, -0.25) is 0 Å². The summed E-state index contributed by atoms with van der Waals surface area (Å²) in [6.07, 6.45) is 0. The molecule has 0 unspecified atom stereocenters. The summed E-state index contributed by atoms with van der Waals surface area (Å²) < 4.78 is 6.11. The summed E-state index contributed by atoms with van der Waals surface area (Å²) in [5, 5.41) is 2.29. The number of aryl methyl sites for hydroxylation is 1. The number of rotatable bonds is 3. The minimum atomic E-state index is 0.492. The highest BCUT2D eigenvalue weighted by molar-refractivity contribution is 6.17.